The largest absolute Gasteiger partial charge is 0.496 e. The number of carbonyl (C=O) groups excluding carboxylic acids is 1. The number of amides is 1. The van der Waals surface area contributed by atoms with E-state index < -0.39 is 0 Å². The van der Waals surface area contributed by atoms with Gasteiger partial charge in [0.25, 0.3) is 0 Å². The van der Waals surface area contributed by atoms with Crippen molar-refractivity contribution < 1.29 is 14.3 Å². The van der Waals surface area contributed by atoms with Gasteiger partial charge in [0.15, 0.2) is 0 Å². The lowest BCUT2D eigenvalue weighted by Gasteiger charge is -2.27. The third-order valence-electron chi connectivity index (χ3n) is 6.01. The zero-order chi connectivity index (χ0) is 16.5. The summed E-state index contributed by atoms with van der Waals surface area (Å²) in [6.07, 6.45) is 6.15. The first-order valence-corrected chi connectivity index (χ1v) is 9.30. The van der Waals surface area contributed by atoms with Crippen LogP contribution in [-0.4, -0.2) is 37.2 Å². The predicted octanol–water partition coefficient (Wildman–Crippen LogP) is 3.25. The maximum atomic E-state index is 13.1. The number of benzene rings is 1. The number of rotatable bonds is 6. The molecule has 1 aromatic carbocycles. The molecular formula is C20H27NO3. The molecule has 0 spiro atoms. The molecule has 4 heteroatoms. The highest BCUT2D eigenvalue weighted by molar-refractivity contribution is 5.82. The molecule has 4 rings (SSSR count). The van der Waals surface area contributed by atoms with Crippen LogP contribution in [0, 0.1) is 17.8 Å². The summed E-state index contributed by atoms with van der Waals surface area (Å²) in [5.74, 6) is 2.78. The molecule has 3 atom stereocenters. The van der Waals surface area contributed by atoms with Gasteiger partial charge in [0, 0.05) is 31.2 Å². The highest BCUT2D eigenvalue weighted by Crippen LogP contribution is 2.58. The molecule has 0 aromatic heterocycles. The molecular weight excluding hydrogens is 302 g/mol. The van der Waals surface area contributed by atoms with Crippen LogP contribution in [0.1, 0.15) is 37.7 Å². The predicted molar refractivity (Wildman–Crippen MR) is 91.7 cm³/mol. The number of hydrogen-bond donors (Lipinski definition) is 0. The third-order valence-corrected chi connectivity index (χ3v) is 6.01. The van der Waals surface area contributed by atoms with Gasteiger partial charge < -0.3 is 14.4 Å². The second kappa shape index (κ2) is 6.75. The van der Waals surface area contributed by atoms with Gasteiger partial charge in [-0.15, -0.1) is 0 Å². The minimum Gasteiger partial charge on any atom is -0.496 e. The average molecular weight is 329 g/mol. The van der Waals surface area contributed by atoms with Crippen LogP contribution in [0.2, 0.25) is 0 Å². The minimum absolute atomic E-state index is 0.197. The smallest absolute Gasteiger partial charge is 0.226 e. The van der Waals surface area contributed by atoms with Crippen LogP contribution in [0.3, 0.4) is 0 Å². The van der Waals surface area contributed by atoms with E-state index in [9.17, 15) is 4.79 Å². The second-order valence-electron chi connectivity index (χ2n) is 7.45. The number of methoxy groups -OCH3 is 1. The first kappa shape index (κ1) is 15.9. The molecule has 24 heavy (non-hydrogen) atoms. The Balaban J connectivity index is 1.50. The maximum Gasteiger partial charge on any atom is 0.226 e. The lowest BCUT2D eigenvalue weighted by molar-refractivity contribution is -0.135. The number of ether oxygens (including phenoxy) is 2. The molecule has 2 saturated carbocycles. The molecule has 3 aliphatic rings. The Labute approximate surface area is 144 Å². The van der Waals surface area contributed by atoms with E-state index in [0.29, 0.717) is 30.8 Å². The fourth-order valence-electron chi connectivity index (χ4n) is 4.70. The minimum atomic E-state index is 0.197. The molecule has 1 amide bonds. The zero-order valence-corrected chi connectivity index (χ0v) is 14.4. The maximum absolute atomic E-state index is 13.1. The van der Waals surface area contributed by atoms with Crippen LogP contribution in [0.15, 0.2) is 24.3 Å². The molecule has 0 unspecified atom stereocenters. The van der Waals surface area contributed by atoms with E-state index in [1.807, 2.05) is 23.1 Å². The zero-order valence-electron chi connectivity index (χ0n) is 14.4. The van der Waals surface area contributed by atoms with Crippen LogP contribution in [0.4, 0.5) is 0 Å². The first-order chi connectivity index (χ1) is 11.8. The van der Waals surface area contributed by atoms with Crippen molar-refractivity contribution in [1.29, 1.82) is 0 Å². The highest BCUT2D eigenvalue weighted by atomic mass is 16.5. The van der Waals surface area contributed by atoms with Crippen molar-refractivity contribution in [2.45, 2.75) is 44.8 Å². The van der Waals surface area contributed by atoms with E-state index >= 15 is 0 Å². The summed E-state index contributed by atoms with van der Waals surface area (Å²) in [6.45, 7) is 2.17. The summed E-state index contributed by atoms with van der Waals surface area (Å²) < 4.78 is 11.3. The van der Waals surface area contributed by atoms with E-state index in [-0.39, 0.29) is 12.0 Å². The Morgan fingerprint density at radius 3 is 2.71 bits per heavy atom. The summed E-state index contributed by atoms with van der Waals surface area (Å²) >= 11 is 0. The molecule has 1 heterocycles. The molecule has 2 aliphatic carbocycles. The number of hydrogen-bond acceptors (Lipinski definition) is 3. The van der Waals surface area contributed by atoms with Crippen LogP contribution in [0.5, 0.6) is 5.75 Å². The van der Waals surface area contributed by atoms with Crippen LogP contribution < -0.4 is 4.74 Å². The van der Waals surface area contributed by atoms with Crippen LogP contribution in [-0.2, 0) is 16.1 Å². The van der Waals surface area contributed by atoms with Gasteiger partial charge >= 0.3 is 0 Å². The SMILES string of the molecule is COc1ccccc1CN(C[C@@H]1CCCO1)C(=O)C1[C@H]2CCC[C@H]12. The topological polar surface area (TPSA) is 38.8 Å². The van der Waals surface area contributed by atoms with Gasteiger partial charge in [-0.1, -0.05) is 24.6 Å². The summed E-state index contributed by atoms with van der Waals surface area (Å²) in [7, 11) is 1.69. The number of nitrogens with zero attached hydrogens (tertiary/aromatic N) is 1. The first-order valence-electron chi connectivity index (χ1n) is 9.30. The number of carbonyl (C=O) groups is 1. The van der Waals surface area contributed by atoms with Gasteiger partial charge in [0.1, 0.15) is 5.75 Å². The average Bonchev–Trinajstić information content (AvgIpc) is 3.01. The molecule has 3 fully saturated rings. The van der Waals surface area contributed by atoms with Gasteiger partial charge in [-0.05, 0) is 43.6 Å². The van der Waals surface area contributed by atoms with E-state index in [1.54, 1.807) is 7.11 Å². The Hall–Kier alpha value is -1.55. The van der Waals surface area contributed by atoms with E-state index in [2.05, 4.69) is 6.07 Å². The third kappa shape index (κ3) is 3.04. The Morgan fingerprint density at radius 1 is 1.21 bits per heavy atom. The van der Waals surface area contributed by atoms with Gasteiger partial charge in [-0.25, -0.2) is 0 Å². The van der Waals surface area contributed by atoms with Gasteiger partial charge in [-0.2, -0.15) is 0 Å². The van der Waals surface area contributed by atoms with Crippen LogP contribution in [0.25, 0.3) is 0 Å². The van der Waals surface area contributed by atoms with Gasteiger partial charge in [-0.3, -0.25) is 4.79 Å². The summed E-state index contributed by atoms with van der Waals surface area (Å²) in [4.78, 5) is 15.2. The number of fused-ring (bicyclic) bond motifs is 1. The standard InChI is InChI=1S/C20H27NO3/c1-23-18-10-3-2-6-14(18)12-21(13-15-7-5-11-24-15)20(22)19-16-8-4-9-17(16)19/h2-3,6,10,15-17,19H,4-5,7-9,11-13H2,1H3/t15-,16-,17-/m0/s1. The molecule has 0 N–H and O–H groups in total. The summed E-state index contributed by atoms with van der Waals surface area (Å²) in [6, 6.07) is 8.01. The quantitative estimate of drug-likeness (QED) is 0.804. The van der Waals surface area contributed by atoms with Gasteiger partial charge in [0.05, 0.1) is 13.2 Å². The monoisotopic (exact) mass is 329 g/mol. The molecule has 1 saturated heterocycles. The highest BCUT2D eigenvalue weighted by Gasteiger charge is 2.57. The van der Waals surface area contributed by atoms with E-state index in [1.165, 1.54) is 19.3 Å². The molecule has 130 valence electrons. The second-order valence-corrected chi connectivity index (χ2v) is 7.45. The lowest BCUT2D eigenvalue weighted by Crippen LogP contribution is -2.38. The van der Waals surface area contributed by atoms with Crippen molar-refractivity contribution in [1.82, 2.24) is 4.90 Å². The molecule has 1 aliphatic heterocycles. The fraction of sp³-hybridized carbons (Fsp3) is 0.650. The molecule has 0 bridgehead atoms. The fourth-order valence-corrected chi connectivity index (χ4v) is 4.70. The summed E-state index contributed by atoms with van der Waals surface area (Å²) in [5, 5.41) is 0. The van der Waals surface area contributed by atoms with Gasteiger partial charge in [0.2, 0.25) is 5.91 Å². The van der Waals surface area contributed by atoms with E-state index in [0.717, 1.165) is 30.8 Å². The normalized spacial score (nSPS) is 30.9. The van der Waals surface area contributed by atoms with Crippen molar-refractivity contribution in [3.05, 3.63) is 29.8 Å². The summed E-state index contributed by atoms with van der Waals surface area (Å²) in [5.41, 5.74) is 1.08. The Kier molecular flexibility index (Phi) is 4.49. The molecule has 1 aromatic rings. The van der Waals surface area contributed by atoms with Crippen molar-refractivity contribution in [3.63, 3.8) is 0 Å². The Bertz CT molecular complexity index is 586. The van der Waals surface area contributed by atoms with Crippen molar-refractivity contribution in [2.24, 2.45) is 17.8 Å². The van der Waals surface area contributed by atoms with Crippen molar-refractivity contribution in [3.8, 4) is 5.75 Å². The molecule has 0 radical (unpaired) electrons. The van der Waals surface area contributed by atoms with Crippen molar-refractivity contribution in [2.75, 3.05) is 20.3 Å². The lowest BCUT2D eigenvalue weighted by atomic mass is 10.1. The Morgan fingerprint density at radius 2 is 2.00 bits per heavy atom. The van der Waals surface area contributed by atoms with E-state index in [4.69, 9.17) is 9.47 Å². The molecule has 4 nitrogen and oxygen atoms in total. The van der Waals surface area contributed by atoms with Crippen LogP contribution >= 0.6 is 0 Å². The van der Waals surface area contributed by atoms with Crippen molar-refractivity contribution >= 4 is 5.91 Å². The number of para-hydroxylation sites is 1.